The van der Waals surface area contributed by atoms with Gasteiger partial charge in [-0.05, 0) is 34.1 Å². The highest BCUT2D eigenvalue weighted by atomic mass is 16.5. The molecular formula is C11H23NO3. The van der Waals surface area contributed by atoms with Crippen LogP contribution in [-0.4, -0.2) is 37.9 Å². The summed E-state index contributed by atoms with van der Waals surface area (Å²) in [4.78, 5) is 11.2. The van der Waals surface area contributed by atoms with Gasteiger partial charge in [0.1, 0.15) is 6.04 Å². The van der Waals surface area contributed by atoms with E-state index in [9.17, 15) is 4.79 Å². The molecule has 1 N–H and O–H groups in total. The maximum Gasteiger partial charge on any atom is 0.322 e. The smallest absolute Gasteiger partial charge is 0.322 e. The van der Waals surface area contributed by atoms with Crippen LogP contribution in [-0.2, 0) is 14.3 Å². The third kappa shape index (κ3) is 5.74. The zero-order valence-corrected chi connectivity index (χ0v) is 10.6. The standard InChI is InChI=1S/C11H23NO3/c1-8(7-11(3,4)15-6)12-9(2)10(13)14-5/h8-9,12H,7H2,1-6H3/t8?,9-/m0/s1. The summed E-state index contributed by atoms with van der Waals surface area (Å²) in [7, 11) is 3.08. The van der Waals surface area contributed by atoms with Crippen molar-refractivity contribution < 1.29 is 14.3 Å². The van der Waals surface area contributed by atoms with Crippen LogP contribution >= 0.6 is 0 Å². The lowest BCUT2D eigenvalue weighted by atomic mass is 9.99. The van der Waals surface area contributed by atoms with Crippen molar-refractivity contribution in [1.82, 2.24) is 5.32 Å². The summed E-state index contributed by atoms with van der Waals surface area (Å²) in [5, 5.41) is 3.17. The van der Waals surface area contributed by atoms with Crippen molar-refractivity contribution in [2.24, 2.45) is 0 Å². The predicted octanol–water partition coefficient (Wildman–Crippen LogP) is 1.34. The molecule has 0 radical (unpaired) electrons. The third-order valence-corrected chi connectivity index (χ3v) is 2.44. The van der Waals surface area contributed by atoms with Crippen LogP contribution in [0.15, 0.2) is 0 Å². The number of carbonyl (C=O) groups excluding carboxylic acids is 1. The Balaban J connectivity index is 4.03. The molecule has 0 aliphatic carbocycles. The Kier molecular flexibility index (Phi) is 5.83. The molecule has 0 spiro atoms. The Labute approximate surface area is 92.3 Å². The van der Waals surface area contributed by atoms with Crippen LogP contribution in [0.3, 0.4) is 0 Å². The van der Waals surface area contributed by atoms with Crippen molar-refractivity contribution in [3.8, 4) is 0 Å². The summed E-state index contributed by atoms with van der Waals surface area (Å²) < 4.78 is 9.96. The molecule has 90 valence electrons. The molecule has 0 aliphatic heterocycles. The molecule has 0 amide bonds. The monoisotopic (exact) mass is 217 g/mol. The molecule has 0 rings (SSSR count). The second-order valence-electron chi connectivity index (χ2n) is 4.48. The van der Waals surface area contributed by atoms with Crippen molar-refractivity contribution in [2.75, 3.05) is 14.2 Å². The summed E-state index contributed by atoms with van der Waals surface area (Å²) in [6.07, 6.45) is 0.838. The zero-order chi connectivity index (χ0) is 12.1. The van der Waals surface area contributed by atoms with Gasteiger partial charge in [0.25, 0.3) is 0 Å². The molecule has 0 aromatic carbocycles. The van der Waals surface area contributed by atoms with Crippen molar-refractivity contribution in [1.29, 1.82) is 0 Å². The van der Waals surface area contributed by atoms with E-state index in [1.807, 2.05) is 20.8 Å². The number of esters is 1. The first-order valence-electron chi connectivity index (χ1n) is 5.21. The molecule has 1 unspecified atom stereocenters. The molecule has 4 heteroatoms. The van der Waals surface area contributed by atoms with Crippen LogP contribution in [0.2, 0.25) is 0 Å². The largest absolute Gasteiger partial charge is 0.468 e. The summed E-state index contributed by atoms with van der Waals surface area (Å²) in [6, 6.07) is -0.0771. The van der Waals surface area contributed by atoms with Crippen molar-refractivity contribution >= 4 is 5.97 Å². The lowest BCUT2D eigenvalue weighted by Crippen LogP contribution is -2.43. The quantitative estimate of drug-likeness (QED) is 0.682. The van der Waals surface area contributed by atoms with E-state index < -0.39 is 0 Å². The molecule has 0 aromatic rings. The number of nitrogens with one attached hydrogen (secondary N) is 1. The molecule has 15 heavy (non-hydrogen) atoms. The predicted molar refractivity (Wildman–Crippen MR) is 59.8 cm³/mol. The number of hydrogen-bond acceptors (Lipinski definition) is 4. The van der Waals surface area contributed by atoms with Gasteiger partial charge in [-0.25, -0.2) is 0 Å². The molecule has 0 fully saturated rings. The maximum atomic E-state index is 11.2. The second kappa shape index (κ2) is 6.08. The van der Waals surface area contributed by atoms with Crippen molar-refractivity contribution in [2.45, 2.75) is 51.8 Å². The van der Waals surface area contributed by atoms with Crippen LogP contribution in [0.1, 0.15) is 34.1 Å². The highest BCUT2D eigenvalue weighted by Gasteiger charge is 2.22. The maximum absolute atomic E-state index is 11.2. The van der Waals surface area contributed by atoms with Crippen LogP contribution in [0.25, 0.3) is 0 Å². The number of rotatable bonds is 6. The highest BCUT2D eigenvalue weighted by Crippen LogP contribution is 2.15. The minimum Gasteiger partial charge on any atom is -0.468 e. The van der Waals surface area contributed by atoms with E-state index in [0.29, 0.717) is 0 Å². The minimum atomic E-state index is -0.280. The van der Waals surface area contributed by atoms with E-state index in [-0.39, 0.29) is 23.7 Å². The average molecular weight is 217 g/mol. The van der Waals surface area contributed by atoms with E-state index in [1.165, 1.54) is 7.11 Å². The Hall–Kier alpha value is -0.610. The van der Waals surface area contributed by atoms with Gasteiger partial charge in [0, 0.05) is 13.2 Å². The zero-order valence-electron chi connectivity index (χ0n) is 10.6. The molecule has 0 bridgehead atoms. The van der Waals surface area contributed by atoms with Crippen LogP contribution < -0.4 is 5.32 Å². The molecule has 0 saturated heterocycles. The SMILES string of the molecule is COC(=O)[C@H](C)NC(C)CC(C)(C)OC. The summed E-state index contributed by atoms with van der Waals surface area (Å²) in [5.74, 6) is -0.239. The summed E-state index contributed by atoms with van der Waals surface area (Å²) in [5.41, 5.74) is -0.178. The molecule has 2 atom stereocenters. The summed E-state index contributed by atoms with van der Waals surface area (Å²) >= 11 is 0. The summed E-state index contributed by atoms with van der Waals surface area (Å²) in [6.45, 7) is 7.87. The van der Waals surface area contributed by atoms with Crippen LogP contribution in [0.4, 0.5) is 0 Å². The fourth-order valence-electron chi connectivity index (χ4n) is 1.55. The van der Waals surface area contributed by atoms with Gasteiger partial charge in [-0.3, -0.25) is 4.79 Å². The molecule has 0 aromatic heterocycles. The average Bonchev–Trinajstić information content (AvgIpc) is 2.15. The second-order valence-corrected chi connectivity index (χ2v) is 4.48. The van der Waals surface area contributed by atoms with Gasteiger partial charge in [-0.15, -0.1) is 0 Å². The van der Waals surface area contributed by atoms with Crippen molar-refractivity contribution in [3.05, 3.63) is 0 Å². The molecule has 0 saturated carbocycles. The lowest BCUT2D eigenvalue weighted by molar-refractivity contribution is -0.143. The van der Waals surface area contributed by atoms with Gasteiger partial charge in [0.05, 0.1) is 12.7 Å². The number of ether oxygens (including phenoxy) is 2. The Morgan fingerprint density at radius 3 is 2.27 bits per heavy atom. The fraction of sp³-hybridized carbons (Fsp3) is 0.909. The highest BCUT2D eigenvalue weighted by molar-refractivity contribution is 5.75. The van der Waals surface area contributed by atoms with E-state index in [2.05, 4.69) is 10.1 Å². The van der Waals surface area contributed by atoms with E-state index in [0.717, 1.165) is 6.42 Å². The van der Waals surface area contributed by atoms with Gasteiger partial charge in [-0.1, -0.05) is 0 Å². The fourth-order valence-corrected chi connectivity index (χ4v) is 1.55. The van der Waals surface area contributed by atoms with Gasteiger partial charge in [0.15, 0.2) is 0 Å². The first kappa shape index (κ1) is 14.4. The van der Waals surface area contributed by atoms with E-state index >= 15 is 0 Å². The van der Waals surface area contributed by atoms with Gasteiger partial charge in [0.2, 0.25) is 0 Å². The normalized spacial score (nSPS) is 15.9. The minimum absolute atomic E-state index is 0.178. The molecule has 0 aliphatic rings. The van der Waals surface area contributed by atoms with Crippen LogP contribution in [0.5, 0.6) is 0 Å². The first-order valence-corrected chi connectivity index (χ1v) is 5.21. The first-order chi connectivity index (χ1) is 6.82. The van der Waals surface area contributed by atoms with Gasteiger partial charge >= 0.3 is 5.97 Å². The Bertz CT molecular complexity index is 204. The number of methoxy groups -OCH3 is 2. The topological polar surface area (TPSA) is 47.6 Å². The van der Waals surface area contributed by atoms with Gasteiger partial charge < -0.3 is 14.8 Å². The van der Waals surface area contributed by atoms with Gasteiger partial charge in [-0.2, -0.15) is 0 Å². The number of carbonyl (C=O) groups is 1. The Morgan fingerprint density at radius 2 is 1.87 bits per heavy atom. The molecule has 0 heterocycles. The third-order valence-electron chi connectivity index (χ3n) is 2.44. The van der Waals surface area contributed by atoms with E-state index in [1.54, 1.807) is 14.0 Å². The molecular weight excluding hydrogens is 194 g/mol. The Morgan fingerprint density at radius 1 is 1.33 bits per heavy atom. The van der Waals surface area contributed by atoms with Crippen molar-refractivity contribution in [3.63, 3.8) is 0 Å². The number of hydrogen-bond donors (Lipinski definition) is 1. The van der Waals surface area contributed by atoms with Crippen LogP contribution in [0, 0.1) is 0 Å². The molecule has 4 nitrogen and oxygen atoms in total. The van der Waals surface area contributed by atoms with E-state index in [4.69, 9.17) is 4.74 Å². The lowest BCUT2D eigenvalue weighted by Gasteiger charge is -2.28.